The Hall–Kier alpha value is -1.95. The third-order valence-electron chi connectivity index (χ3n) is 2.84. The van der Waals surface area contributed by atoms with Crippen molar-refractivity contribution >= 4 is 29.6 Å². The number of esters is 2. The number of rotatable bonds is 1. The Bertz CT molecular complexity index is 658. The van der Waals surface area contributed by atoms with Crippen molar-refractivity contribution in [1.82, 2.24) is 0 Å². The molecule has 0 amide bonds. The molecule has 1 aromatic rings. The molecule has 2 rings (SSSR count). The van der Waals surface area contributed by atoms with Gasteiger partial charge in [-0.2, -0.15) is 0 Å². The molecule has 112 valence electrons. The van der Waals surface area contributed by atoms with Gasteiger partial charge in [0.15, 0.2) is 0 Å². The summed E-state index contributed by atoms with van der Waals surface area (Å²) in [4.78, 5) is 23.5. The summed E-state index contributed by atoms with van der Waals surface area (Å²) in [6.07, 6.45) is 0.893. The molecule has 21 heavy (non-hydrogen) atoms. The minimum absolute atomic E-state index is 0.270. The van der Waals surface area contributed by atoms with E-state index in [9.17, 15) is 18.4 Å². The number of carbonyl (C=O) groups is 2. The van der Waals surface area contributed by atoms with E-state index in [1.54, 1.807) is 0 Å². The minimum Gasteiger partial charge on any atom is -0.419 e. The molecule has 1 fully saturated rings. The van der Waals surface area contributed by atoms with Crippen LogP contribution in [0.5, 0.6) is 0 Å². The van der Waals surface area contributed by atoms with Crippen LogP contribution in [0, 0.1) is 18.6 Å². The molecule has 1 heterocycles. The first-order valence-corrected chi connectivity index (χ1v) is 6.32. The van der Waals surface area contributed by atoms with Crippen molar-refractivity contribution < 1.29 is 27.8 Å². The monoisotopic (exact) mass is 316 g/mol. The first-order valence-electron chi connectivity index (χ1n) is 5.95. The zero-order chi connectivity index (χ0) is 15.9. The molecule has 0 N–H and O–H groups in total. The van der Waals surface area contributed by atoms with Crippen LogP contribution in [0.2, 0.25) is 5.02 Å². The summed E-state index contributed by atoms with van der Waals surface area (Å²) in [6.45, 7) is 3.98. The van der Waals surface area contributed by atoms with Crippen molar-refractivity contribution in [3.8, 4) is 0 Å². The zero-order valence-corrected chi connectivity index (χ0v) is 12.2. The number of cyclic esters (lactones) is 2. The largest absolute Gasteiger partial charge is 0.419 e. The number of ether oxygens (including phenoxy) is 2. The topological polar surface area (TPSA) is 52.6 Å². The van der Waals surface area contributed by atoms with E-state index >= 15 is 0 Å². The first-order chi connectivity index (χ1) is 9.62. The second-order valence-electron chi connectivity index (χ2n) is 4.93. The molecule has 0 saturated carbocycles. The van der Waals surface area contributed by atoms with Gasteiger partial charge in [0.2, 0.25) is 0 Å². The number of hydrogen-bond acceptors (Lipinski definition) is 4. The van der Waals surface area contributed by atoms with E-state index in [-0.39, 0.29) is 16.1 Å². The van der Waals surface area contributed by atoms with E-state index in [0.29, 0.717) is 0 Å². The van der Waals surface area contributed by atoms with Crippen LogP contribution < -0.4 is 0 Å². The van der Waals surface area contributed by atoms with Crippen molar-refractivity contribution in [1.29, 1.82) is 0 Å². The number of halogens is 3. The van der Waals surface area contributed by atoms with Crippen LogP contribution in [0.4, 0.5) is 8.78 Å². The highest BCUT2D eigenvalue weighted by molar-refractivity contribution is 6.32. The molecule has 1 aromatic carbocycles. The van der Waals surface area contributed by atoms with E-state index in [1.807, 2.05) is 0 Å². The fourth-order valence-corrected chi connectivity index (χ4v) is 2.00. The SMILES string of the molecule is Cc1c(F)cc(Cl)c(C=C2C(=O)OC(C)(C)OC2=O)c1F. The highest BCUT2D eigenvalue weighted by Gasteiger charge is 2.39. The lowest BCUT2D eigenvalue weighted by atomic mass is 10.1. The highest BCUT2D eigenvalue weighted by Crippen LogP contribution is 2.29. The Labute approximate surface area is 124 Å². The van der Waals surface area contributed by atoms with Gasteiger partial charge in [-0.15, -0.1) is 0 Å². The maximum absolute atomic E-state index is 14.0. The molecule has 0 bridgehead atoms. The van der Waals surface area contributed by atoms with Gasteiger partial charge < -0.3 is 9.47 Å². The molecular formula is C14H11ClF2O4. The fraction of sp³-hybridized carbons (Fsp3) is 0.286. The van der Waals surface area contributed by atoms with Crippen LogP contribution in [-0.4, -0.2) is 17.7 Å². The van der Waals surface area contributed by atoms with Crippen LogP contribution >= 0.6 is 11.6 Å². The molecular weight excluding hydrogens is 306 g/mol. The van der Waals surface area contributed by atoms with Crippen LogP contribution in [0.15, 0.2) is 11.6 Å². The van der Waals surface area contributed by atoms with Crippen molar-refractivity contribution in [2.75, 3.05) is 0 Å². The van der Waals surface area contributed by atoms with Gasteiger partial charge in [-0.05, 0) is 19.1 Å². The van der Waals surface area contributed by atoms with Gasteiger partial charge in [-0.3, -0.25) is 0 Å². The quantitative estimate of drug-likeness (QED) is 0.454. The second-order valence-corrected chi connectivity index (χ2v) is 5.34. The van der Waals surface area contributed by atoms with Crippen molar-refractivity contribution in [2.24, 2.45) is 0 Å². The van der Waals surface area contributed by atoms with Gasteiger partial charge >= 0.3 is 11.9 Å². The summed E-state index contributed by atoms with van der Waals surface area (Å²) in [5, 5.41) is -0.270. The van der Waals surface area contributed by atoms with Crippen LogP contribution in [-0.2, 0) is 19.1 Å². The molecule has 1 saturated heterocycles. The van der Waals surface area contributed by atoms with Crippen LogP contribution in [0.3, 0.4) is 0 Å². The lowest BCUT2D eigenvalue weighted by Crippen LogP contribution is -2.41. The van der Waals surface area contributed by atoms with Crippen molar-refractivity contribution in [3.63, 3.8) is 0 Å². The standard InChI is InChI=1S/C14H11ClF2O4/c1-6-10(16)5-9(15)7(11(6)17)4-8-12(18)20-14(2,3)21-13(8)19/h4-5H,1-3H3. The smallest absolute Gasteiger partial charge is 0.348 e. The average molecular weight is 317 g/mol. The molecule has 0 aromatic heterocycles. The van der Waals surface area contributed by atoms with Gasteiger partial charge in [0.05, 0.1) is 5.02 Å². The molecule has 0 spiro atoms. The summed E-state index contributed by atoms with van der Waals surface area (Å²) in [5.41, 5.74) is -1.07. The Morgan fingerprint density at radius 1 is 1.19 bits per heavy atom. The lowest BCUT2D eigenvalue weighted by molar-refractivity contribution is -0.222. The van der Waals surface area contributed by atoms with Crippen molar-refractivity contribution in [2.45, 2.75) is 26.6 Å². The summed E-state index contributed by atoms with van der Waals surface area (Å²) < 4.78 is 37.1. The second kappa shape index (κ2) is 5.11. The summed E-state index contributed by atoms with van der Waals surface area (Å²) in [5.74, 6) is -5.11. The molecule has 1 aliphatic heterocycles. The molecule has 1 aliphatic rings. The molecule has 0 atom stereocenters. The van der Waals surface area contributed by atoms with Gasteiger partial charge in [-0.1, -0.05) is 11.6 Å². The Morgan fingerprint density at radius 3 is 2.24 bits per heavy atom. The van der Waals surface area contributed by atoms with Gasteiger partial charge in [0, 0.05) is 25.0 Å². The number of benzene rings is 1. The third-order valence-corrected chi connectivity index (χ3v) is 3.15. The highest BCUT2D eigenvalue weighted by atomic mass is 35.5. The van der Waals surface area contributed by atoms with E-state index in [1.165, 1.54) is 20.8 Å². The molecule has 0 radical (unpaired) electrons. The van der Waals surface area contributed by atoms with Crippen molar-refractivity contribution in [3.05, 3.63) is 39.4 Å². The maximum Gasteiger partial charge on any atom is 0.348 e. The lowest BCUT2D eigenvalue weighted by Gasteiger charge is -2.29. The van der Waals surface area contributed by atoms with Gasteiger partial charge in [0.25, 0.3) is 5.79 Å². The van der Waals surface area contributed by atoms with Crippen LogP contribution in [0.25, 0.3) is 6.08 Å². The zero-order valence-electron chi connectivity index (χ0n) is 11.4. The summed E-state index contributed by atoms with van der Waals surface area (Å²) >= 11 is 5.75. The Morgan fingerprint density at radius 2 is 1.71 bits per heavy atom. The number of carbonyl (C=O) groups excluding carboxylic acids is 2. The molecule has 4 nitrogen and oxygen atoms in total. The van der Waals surface area contributed by atoms with E-state index in [2.05, 4.69) is 0 Å². The Balaban J connectivity index is 2.53. The summed E-state index contributed by atoms with van der Waals surface area (Å²) in [6, 6.07) is 0.899. The fourth-order valence-electron chi connectivity index (χ4n) is 1.76. The normalized spacial score (nSPS) is 17.3. The maximum atomic E-state index is 14.0. The third kappa shape index (κ3) is 2.90. The average Bonchev–Trinajstić information content (AvgIpc) is 2.33. The predicted octanol–water partition coefficient (Wildman–Crippen LogP) is 3.15. The van der Waals surface area contributed by atoms with E-state index in [4.69, 9.17) is 21.1 Å². The van der Waals surface area contributed by atoms with Crippen LogP contribution in [0.1, 0.15) is 25.0 Å². The minimum atomic E-state index is -1.40. The molecule has 0 aliphatic carbocycles. The van der Waals surface area contributed by atoms with E-state index < -0.39 is 34.9 Å². The Kier molecular flexibility index (Phi) is 3.76. The number of hydrogen-bond donors (Lipinski definition) is 0. The summed E-state index contributed by atoms with van der Waals surface area (Å²) in [7, 11) is 0. The molecule has 7 heteroatoms. The van der Waals surface area contributed by atoms with Gasteiger partial charge in [-0.25, -0.2) is 18.4 Å². The predicted molar refractivity (Wildman–Crippen MR) is 70.3 cm³/mol. The van der Waals surface area contributed by atoms with E-state index in [0.717, 1.165) is 12.1 Å². The van der Waals surface area contributed by atoms with Gasteiger partial charge in [0.1, 0.15) is 17.2 Å². The molecule has 0 unspecified atom stereocenters. The first kappa shape index (κ1) is 15.4.